The zero-order valence-corrected chi connectivity index (χ0v) is 13.0. The minimum absolute atomic E-state index is 0.198. The Labute approximate surface area is 131 Å². The summed E-state index contributed by atoms with van der Waals surface area (Å²) in [6, 6.07) is 9.44. The van der Waals surface area contributed by atoms with Gasteiger partial charge in [-0.1, -0.05) is 43.7 Å². The lowest BCUT2D eigenvalue weighted by Crippen LogP contribution is -2.53. The van der Waals surface area contributed by atoms with Gasteiger partial charge in [-0.05, 0) is 31.2 Å². The molecule has 0 unspecified atom stereocenters. The van der Waals surface area contributed by atoms with E-state index in [1.807, 2.05) is 42.2 Å². The first-order chi connectivity index (χ1) is 10.5. The monoisotopic (exact) mass is 301 g/mol. The Hall–Kier alpha value is -1.84. The van der Waals surface area contributed by atoms with Crippen molar-refractivity contribution in [2.75, 3.05) is 13.1 Å². The molecule has 3 rings (SSSR count). The zero-order chi connectivity index (χ0) is 15.8. The molecule has 1 saturated carbocycles. The normalized spacial score (nSPS) is 22.7. The molecule has 1 aliphatic carbocycles. The van der Waals surface area contributed by atoms with Crippen LogP contribution in [0.5, 0.6) is 0 Å². The largest absolute Gasteiger partial charge is 0.481 e. The third-order valence-electron chi connectivity index (χ3n) is 5.61. The van der Waals surface area contributed by atoms with E-state index in [1.165, 1.54) is 0 Å². The van der Waals surface area contributed by atoms with Gasteiger partial charge in [-0.15, -0.1) is 0 Å². The number of nitrogens with zero attached hydrogens (tertiary/aromatic N) is 1. The van der Waals surface area contributed by atoms with Gasteiger partial charge in [-0.3, -0.25) is 9.59 Å². The number of hydrogen-bond acceptors (Lipinski definition) is 2. The third kappa shape index (κ3) is 2.31. The maximum absolute atomic E-state index is 12.6. The maximum Gasteiger partial charge on any atom is 0.314 e. The first-order valence-electron chi connectivity index (χ1n) is 8.06. The molecule has 0 aromatic heterocycles. The molecule has 1 aromatic rings. The number of carboxylic acid groups (broad SMARTS) is 1. The quantitative estimate of drug-likeness (QED) is 0.934. The van der Waals surface area contributed by atoms with Gasteiger partial charge in [0.15, 0.2) is 0 Å². The van der Waals surface area contributed by atoms with Gasteiger partial charge in [0, 0.05) is 18.5 Å². The molecule has 0 spiro atoms. The van der Waals surface area contributed by atoms with Crippen LogP contribution in [0.15, 0.2) is 30.3 Å². The van der Waals surface area contributed by atoms with E-state index in [0.717, 1.165) is 24.8 Å². The molecule has 0 atom stereocenters. The molecule has 1 heterocycles. The lowest BCUT2D eigenvalue weighted by atomic mass is 9.68. The number of benzene rings is 1. The Kier molecular flexibility index (Phi) is 3.71. The Morgan fingerprint density at radius 3 is 2.09 bits per heavy atom. The Bertz CT molecular complexity index is 569. The second kappa shape index (κ2) is 5.41. The summed E-state index contributed by atoms with van der Waals surface area (Å²) in [6.45, 7) is 3.11. The number of carbonyl (C=O) groups excluding carboxylic acids is 1. The van der Waals surface area contributed by atoms with Gasteiger partial charge >= 0.3 is 5.97 Å². The molecule has 22 heavy (non-hydrogen) atoms. The number of piperidine rings is 1. The minimum Gasteiger partial charge on any atom is -0.481 e. The lowest BCUT2D eigenvalue weighted by Gasteiger charge is -2.45. The highest BCUT2D eigenvalue weighted by molar-refractivity contribution is 5.85. The van der Waals surface area contributed by atoms with Crippen LogP contribution in [0.25, 0.3) is 0 Å². The van der Waals surface area contributed by atoms with E-state index in [4.69, 9.17) is 0 Å². The minimum atomic E-state index is -0.849. The van der Waals surface area contributed by atoms with Crippen LogP contribution in [0.3, 0.4) is 0 Å². The molecule has 1 saturated heterocycles. The second-order valence-corrected chi connectivity index (χ2v) is 6.96. The summed E-state index contributed by atoms with van der Waals surface area (Å²) in [5.74, 6) is -0.563. The van der Waals surface area contributed by atoms with Crippen molar-refractivity contribution in [3.63, 3.8) is 0 Å². The highest BCUT2D eigenvalue weighted by atomic mass is 16.4. The summed E-state index contributed by atoms with van der Waals surface area (Å²) >= 11 is 0. The molecular weight excluding hydrogens is 278 g/mol. The van der Waals surface area contributed by atoms with Gasteiger partial charge in [0.05, 0.1) is 5.41 Å². The zero-order valence-electron chi connectivity index (χ0n) is 13.0. The standard InChI is InChI=1S/C18H23NO3/c1-17(8-5-9-17)15(20)19-12-10-18(11-13-19,16(21)22)14-6-3-2-4-7-14/h2-4,6-7H,5,8-13H2,1H3,(H,21,22). The predicted octanol–water partition coefficient (Wildman–Crippen LogP) is 2.82. The summed E-state index contributed by atoms with van der Waals surface area (Å²) in [5.41, 5.74) is -0.196. The fourth-order valence-electron chi connectivity index (χ4n) is 3.78. The van der Waals surface area contributed by atoms with E-state index in [0.29, 0.717) is 25.9 Å². The Morgan fingerprint density at radius 1 is 1.05 bits per heavy atom. The lowest BCUT2D eigenvalue weighted by molar-refractivity contribution is -0.153. The highest BCUT2D eigenvalue weighted by Crippen LogP contribution is 2.43. The van der Waals surface area contributed by atoms with Gasteiger partial charge in [-0.2, -0.15) is 0 Å². The van der Waals surface area contributed by atoms with E-state index in [2.05, 4.69) is 0 Å². The van der Waals surface area contributed by atoms with Crippen LogP contribution in [-0.4, -0.2) is 35.0 Å². The van der Waals surface area contributed by atoms with Gasteiger partial charge in [-0.25, -0.2) is 0 Å². The first-order valence-corrected chi connectivity index (χ1v) is 8.06. The van der Waals surface area contributed by atoms with Crippen LogP contribution in [0.2, 0.25) is 0 Å². The van der Waals surface area contributed by atoms with Gasteiger partial charge in [0.1, 0.15) is 0 Å². The van der Waals surface area contributed by atoms with Crippen molar-refractivity contribution in [1.82, 2.24) is 4.90 Å². The fraction of sp³-hybridized carbons (Fsp3) is 0.556. The smallest absolute Gasteiger partial charge is 0.314 e. The van der Waals surface area contributed by atoms with E-state index in [9.17, 15) is 14.7 Å². The third-order valence-corrected chi connectivity index (χ3v) is 5.61. The molecule has 2 aliphatic rings. The summed E-state index contributed by atoms with van der Waals surface area (Å²) in [5, 5.41) is 9.78. The van der Waals surface area contributed by atoms with Crippen molar-refractivity contribution in [3.05, 3.63) is 35.9 Å². The number of amides is 1. The van der Waals surface area contributed by atoms with Gasteiger partial charge in [0.25, 0.3) is 0 Å². The van der Waals surface area contributed by atoms with E-state index in [-0.39, 0.29) is 11.3 Å². The van der Waals surface area contributed by atoms with Crippen molar-refractivity contribution in [1.29, 1.82) is 0 Å². The number of carboxylic acids is 1. The molecule has 4 nitrogen and oxygen atoms in total. The Balaban J connectivity index is 1.76. The number of aliphatic carboxylic acids is 1. The number of likely N-dealkylation sites (tertiary alicyclic amines) is 1. The Morgan fingerprint density at radius 2 is 1.64 bits per heavy atom. The summed E-state index contributed by atoms with van der Waals surface area (Å²) < 4.78 is 0. The SMILES string of the molecule is CC1(C(=O)N2CCC(C(=O)O)(c3ccccc3)CC2)CCC1. The molecule has 0 radical (unpaired) electrons. The first kappa shape index (κ1) is 15.1. The van der Waals surface area contributed by atoms with Crippen molar-refractivity contribution in [2.24, 2.45) is 5.41 Å². The molecule has 118 valence electrons. The molecule has 1 N–H and O–H groups in total. The van der Waals surface area contributed by atoms with E-state index in [1.54, 1.807) is 0 Å². The molecule has 0 bridgehead atoms. The van der Waals surface area contributed by atoms with E-state index >= 15 is 0 Å². The van der Waals surface area contributed by atoms with Crippen molar-refractivity contribution < 1.29 is 14.7 Å². The van der Waals surface area contributed by atoms with Crippen molar-refractivity contribution in [3.8, 4) is 0 Å². The van der Waals surface area contributed by atoms with Crippen LogP contribution in [0.4, 0.5) is 0 Å². The summed E-state index contributed by atoms with van der Waals surface area (Å²) in [7, 11) is 0. The van der Waals surface area contributed by atoms with Crippen LogP contribution in [0.1, 0.15) is 44.6 Å². The maximum atomic E-state index is 12.6. The molecule has 1 aliphatic heterocycles. The molecule has 2 fully saturated rings. The average molecular weight is 301 g/mol. The number of hydrogen-bond donors (Lipinski definition) is 1. The van der Waals surface area contributed by atoms with Gasteiger partial charge < -0.3 is 10.0 Å². The molecule has 1 amide bonds. The predicted molar refractivity (Wildman–Crippen MR) is 83.5 cm³/mol. The fourth-order valence-corrected chi connectivity index (χ4v) is 3.78. The number of rotatable bonds is 3. The van der Waals surface area contributed by atoms with Crippen molar-refractivity contribution >= 4 is 11.9 Å². The van der Waals surface area contributed by atoms with E-state index < -0.39 is 11.4 Å². The van der Waals surface area contributed by atoms with Crippen LogP contribution < -0.4 is 0 Å². The molecular formula is C18H23NO3. The summed E-state index contributed by atoms with van der Waals surface area (Å²) in [6.07, 6.45) is 4.04. The second-order valence-electron chi connectivity index (χ2n) is 6.96. The van der Waals surface area contributed by atoms with Crippen LogP contribution >= 0.6 is 0 Å². The highest BCUT2D eigenvalue weighted by Gasteiger charge is 2.47. The van der Waals surface area contributed by atoms with Crippen LogP contribution in [-0.2, 0) is 15.0 Å². The topological polar surface area (TPSA) is 57.6 Å². The molecule has 4 heteroatoms. The molecule has 1 aromatic carbocycles. The number of carbonyl (C=O) groups is 2. The summed E-state index contributed by atoms with van der Waals surface area (Å²) in [4.78, 5) is 26.4. The van der Waals surface area contributed by atoms with Crippen molar-refractivity contribution in [2.45, 2.75) is 44.4 Å². The average Bonchev–Trinajstić information content (AvgIpc) is 2.52. The van der Waals surface area contributed by atoms with Crippen LogP contribution in [0, 0.1) is 5.41 Å². The van der Waals surface area contributed by atoms with Gasteiger partial charge in [0.2, 0.25) is 5.91 Å².